The van der Waals surface area contributed by atoms with Gasteiger partial charge in [-0.2, -0.15) is 0 Å². The number of nitrogens with two attached hydrogens (primary N) is 1. The molecule has 0 fully saturated rings. The van der Waals surface area contributed by atoms with Crippen molar-refractivity contribution in [1.29, 1.82) is 0 Å². The summed E-state index contributed by atoms with van der Waals surface area (Å²) in [6, 6.07) is 0. The summed E-state index contributed by atoms with van der Waals surface area (Å²) >= 11 is 0. The number of anilines is 1. The maximum Gasteiger partial charge on any atom is 0.158 e. The standard InChI is InChI=1S/C5H9N3O/c1-7-8-2-4(6)5(9)3-8/h2-3,7,9H,6H2,1H3. The highest BCUT2D eigenvalue weighted by atomic mass is 16.3. The molecular weight excluding hydrogens is 118 g/mol. The largest absolute Gasteiger partial charge is 0.504 e. The van der Waals surface area contributed by atoms with Crippen LogP contribution in [0.25, 0.3) is 0 Å². The van der Waals surface area contributed by atoms with Crippen LogP contribution in [0.4, 0.5) is 5.69 Å². The normalized spacial score (nSPS) is 9.44. The van der Waals surface area contributed by atoms with Crippen molar-refractivity contribution >= 4 is 5.69 Å². The van der Waals surface area contributed by atoms with Crippen LogP contribution in [0, 0.1) is 0 Å². The molecule has 0 radical (unpaired) electrons. The highest BCUT2D eigenvalue weighted by Gasteiger charge is 1.97. The number of nitrogens with zero attached hydrogens (tertiary/aromatic N) is 1. The Bertz CT molecular complexity index is 186. The van der Waals surface area contributed by atoms with E-state index in [1.54, 1.807) is 17.9 Å². The van der Waals surface area contributed by atoms with Gasteiger partial charge in [-0.15, -0.1) is 0 Å². The van der Waals surface area contributed by atoms with Gasteiger partial charge in [0, 0.05) is 7.05 Å². The van der Waals surface area contributed by atoms with Crippen molar-refractivity contribution in [2.75, 3.05) is 18.2 Å². The van der Waals surface area contributed by atoms with Crippen molar-refractivity contribution in [3.63, 3.8) is 0 Å². The second-order valence-electron chi connectivity index (χ2n) is 1.73. The summed E-state index contributed by atoms with van der Waals surface area (Å²) in [6.07, 6.45) is 3.09. The van der Waals surface area contributed by atoms with Gasteiger partial charge in [0.25, 0.3) is 0 Å². The molecule has 0 amide bonds. The summed E-state index contributed by atoms with van der Waals surface area (Å²) in [4.78, 5) is 0. The summed E-state index contributed by atoms with van der Waals surface area (Å²) in [5.41, 5.74) is 8.45. The molecule has 0 unspecified atom stereocenters. The van der Waals surface area contributed by atoms with Crippen LogP contribution in [-0.4, -0.2) is 16.8 Å². The number of aromatic hydroxyl groups is 1. The van der Waals surface area contributed by atoms with E-state index in [0.717, 1.165) is 0 Å². The van der Waals surface area contributed by atoms with Gasteiger partial charge in [0.15, 0.2) is 5.75 Å². The Hall–Kier alpha value is -1.32. The van der Waals surface area contributed by atoms with Gasteiger partial charge in [-0.1, -0.05) is 0 Å². The number of nitrogens with one attached hydrogen (secondary N) is 1. The molecule has 4 N–H and O–H groups in total. The smallest absolute Gasteiger partial charge is 0.158 e. The Labute approximate surface area is 52.9 Å². The van der Waals surface area contributed by atoms with Crippen molar-refractivity contribution in [3.05, 3.63) is 12.4 Å². The van der Waals surface area contributed by atoms with E-state index in [-0.39, 0.29) is 5.75 Å². The molecule has 0 aliphatic rings. The van der Waals surface area contributed by atoms with E-state index < -0.39 is 0 Å². The number of rotatable bonds is 1. The lowest BCUT2D eigenvalue weighted by atomic mass is 10.5. The van der Waals surface area contributed by atoms with Crippen molar-refractivity contribution in [3.8, 4) is 5.75 Å². The van der Waals surface area contributed by atoms with E-state index in [9.17, 15) is 0 Å². The molecule has 9 heavy (non-hydrogen) atoms. The fourth-order valence-electron chi connectivity index (χ4n) is 0.589. The fourth-order valence-corrected chi connectivity index (χ4v) is 0.589. The average molecular weight is 127 g/mol. The molecule has 4 heteroatoms. The maximum atomic E-state index is 8.89. The Morgan fingerprint density at radius 3 is 2.56 bits per heavy atom. The molecule has 1 aromatic rings. The first-order valence-electron chi connectivity index (χ1n) is 2.58. The Morgan fingerprint density at radius 1 is 1.67 bits per heavy atom. The van der Waals surface area contributed by atoms with Crippen LogP contribution in [0.15, 0.2) is 12.4 Å². The molecule has 1 aromatic heterocycles. The van der Waals surface area contributed by atoms with Crippen LogP contribution in [0.5, 0.6) is 5.75 Å². The first-order chi connectivity index (χ1) is 4.24. The van der Waals surface area contributed by atoms with E-state index in [4.69, 9.17) is 10.8 Å². The quantitative estimate of drug-likeness (QED) is 0.495. The molecule has 4 nitrogen and oxygen atoms in total. The van der Waals surface area contributed by atoms with Crippen LogP contribution >= 0.6 is 0 Å². The minimum absolute atomic E-state index is 0.101. The second kappa shape index (κ2) is 1.89. The molecular formula is C5H9N3O. The van der Waals surface area contributed by atoms with Crippen molar-refractivity contribution in [2.45, 2.75) is 0 Å². The Morgan fingerprint density at radius 2 is 2.33 bits per heavy atom. The zero-order valence-corrected chi connectivity index (χ0v) is 5.13. The molecule has 0 saturated heterocycles. The number of aromatic nitrogens is 1. The van der Waals surface area contributed by atoms with E-state index in [0.29, 0.717) is 5.69 Å². The predicted molar refractivity (Wildman–Crippen MR) is 35.8 cm³/mol. The van der Waals surface area contributed by atoms with E-state index in [1.807, 2.05) is 0 Å². The Balaban J connectivity index is 2.98. The topological polar surface area (TPSA) is 63.2 Å². The molecule has 0 aromatic carbocycles. The van der Waals surface area contributed by atoms with E-state index >= 15 is 0 Å². The zero-order chi connectivity index (χ0) is 6.85. The third-order valence-electron chi connectivity index (χ3n) is 1.09. The second-order valence-corrected chi connectivity index (χ2v) is 1.73. The summed E-state index contributed by atoms with van der Waals surface area (Å²) in [7, 11) is 1.74. The van der Waals surface area contributed by atoms with Crippen LogP contribution < -0.4 is 11.2 Å². The summed E-state index contributed by atoms with van der Waals surface area (Å²) in [5.74, 6) is 0.101. The Kier molecular flexibility index (Phi) is 1.22. The first-order valence-corrected chi connectivity index (χ1v) is 2.58. The summed E-state index contributed by atoms with van der Waals surface area (Å²) < 4.78 is 1.57. The van der Waals surface area contributed by atoms with Crippen LogP contribution in [0.2, 0.25) is 0 Å². The molecule has 0 spiro atoms. The minimum Gasteiger partial charge on any atom is -0.504 e. The van der Waals surface area contributed by atoms with Gasteiger partial charge in [-0.3, -0.25) is 4.68 Å². The monoisotopic (exact) mass is 127 g/mol. The van der Waals surface area contributed by atoms with Crippen LogP contribution in [-0.2, 0) is 0 Å². The highest BCUT2D eigenvalue weighted by molar-refractivity contribution is 5.49. The molecule has 0 saturated carbocycles. The van der Waals surface area contributed by atoms with Gasteiger partial charge >= 0.3 is 0 Å². The molecule has 0 aliphatic heterocycles. The SMILES string of the molecule is CNn1cc(N)c(O)c1. The number of hydrogen-bond acceptors (Lipinski definition) is 3. The van der Waals surface area contributed by atoms with E-state index in [2.05, 4.69) is 5.43 Å². The lowest BCUT2D eigenvalue weighted by molar-refractivity contribution is 0.477. The van der Waals surface area contributed by atoms with Crippen LogP contribution in [0.3, 0.4) is 0 Å². The van der Waals surface area contributed by atoms with Gasteiger partial charge in [0.2, 0.25) is 0 Å². The molecule has 50 valence electrons. The van der Waals surface area contributed by atoms with Crippen LogP contribution in [0.1, 0.15) is 0 Å². The summed E-state index contributed by atoms with van der Waals surface area (Å²) in [6.45, 7) is 0. The lowest BCUT2D eigenvalue weighted by Crippen LogP contribution is -2.04. The molecule has 0 aliphatic carbocycles. The van der Waals surface area contributed by atoms with E-state index in [1.165, 1.54) is 6.20 Å². The predicted octanol–water partition coefficient (Wildman–Crippen LogP) is -0.0508. The molecule has 1 rings (SSSR count). The average Bonchev–Trinajstić information content (AvgIpc) is 2.13. The summed E-state index contributed by atoms with van der Waals surface area (Å²) in [5, 5.41) is 8.89. The van der Waals surface area contributed by atoms with Gasteiger partial charge in [0.05, 0.1) is 18.1 Å². The molecule has 1 heterocycles. The number of nitrogen functional groups attached to an aromatic ring is 1. The highest BCUT2D eigenvalue weighted by Crippen LogP contribution is 2.18. The molecule has 0 atom stereocenters. The lowest BCUT2D eigenvalue weighted by Gasteiger charge is -1.95. The third-order valence-corrected chi connectivity index (χ3v) is 1.09. The number of hydrogen-bond donors (Lipinski definition) is 3. The van der Waals surface area contributed by atoms with Gasteiger partial charge in [-0.05, 0) is 0 Å². The molecule has 0 bridgehead atoms. The maximum absolute atomic E-state index is 8.89. The minimum atomic E-state index is 0.101. The van der Waals surface area contributed by atoms with Gasteiger partial charge in [-0.25, -0.2) is 0 Å². The fraction of sp³-hybridized carbons (Fsp3) is 0.200. The van der Waals surface area contributed by atoms with Gasteiger partial charge < -0.3 is 16.3 Å². The van der Waals surface area contributed by atoms with Crippen molar-refractivity contribution in [2.24, 2.45) is 0 Å². The first kappa shape index (κ1) is 5.81. The van der Waals surface area contributed by atoms with Gasteiger partial charge in [0.1, 0.15) is 0 Å². The zero-order valence-electron chi connectivity index (χ0n) is 5.13. The van der Waals surface area contributed by atoms with Crippen molar-refractivity contribution < 1.29 is 5.11 Å². The third kappa shape index (κ3) is 0.910. The van der Waals surface area contributed by atoms with Crippen molar-refractivity contribution in [1.82, 2.24) is 4.68 Å².